The zero-order valence-electron chi connectivity index (χ0n) is 15.0. The lowest BCUT2D eigenvalue weighted by molar-refractivity contribution is -0.143. The van der Waals surface area contributed by atoms with E-state index in [-0.39, 0.29) is 5.91 Å². The van der Waals surface area contributed by atoms with Gasteiger partial charge in [-0.3, -0.25) is 9.36 Å². The van der Waals surface area contributed by atoms with Gasteiger partial charge in [-0.2, -0.15) is 0 Å². The van der Waals surface area contributed by atoms with E-state index in [1.165, 1.54) is 16.2 Å². The number of rotatable bonds is 3. The number of benzene rings is 1. The first-order chi connectivity index (χ1) is 13.0. The highest BCUT2D eigenvalue weighted by Crippen LogP contribution is 2.32. The molecule has 7 heteroatoms. The Morgan fingerprint density at radius 2 is 2.04 bits per heavy atom. The van der Waals surface area contributed by atoms with Gasteiger partial charge in [0, 0.05) is 29.5 Å². The van der Waals surface area contributed by atoms with E-state index in [4.69, 9.17) is 0 Å². The predicted molar refractivity (Wildman–Crippen MR) is 102 cm³/mol. The number of hydrogen-bond acceptors (Lipinski definition) is 4. The van der Waals surface area contributed by atoms with Gasteiger partial charge in [-0.05, 0) is 37.5 Å². The van der Waals surface area contributed by atoms with Crippen LogP contribution in [0.3, 0.4) is 0 Å². The largest absolute Gasteiger partial charge is 0.479 e. The molecule has 3 aromatic rings. The SMILES string of the molecule is Cc1cc(C(=O)N2CCc3ccccc3C2C(=O)O)c(C)n1-c1nccs1. The number of carbonyl (C=O) groups excluding carboxylic acids is 1. The molecule has 0 radical (unpaired) electrons. The van der Waals surface area contributed by atoms with Crippen molar-refractivity contribution in [2.75, 3.05) is 6.54 Å². The Hall–Kier alpha value is -2.93. The Kier molecular flexibility index (Phi) is 4.31. The number of carbonyl (C=O) groups is 2. The molecule has 4 rings (SSSR count). The van der Waals surface area contributed by atoms with Crippen LogP contribution in [0.2, 0.25) is 0 Å². The van der Waals surface area contributed by atoms with Crippen LogP contribution >= 0.6 is 11.3 Å². The molecular formula is C20H19N3O3S. The lowest BCUT2D eigenvalue weighted by Crippen LogP contribution is -2.43. The van der Waals surface area contributed by atoms with Crippen LogP contribution in [0.1, 0.15) is 38.9 Å². The van der Waals surface area contributed by atoms with E-state index in [1.807, 2.05) is 48.1 Å². The quantitative estimate of drug-likeness (QED) is 0.755. The topological polar surface area (TPSA) is 75.4 Å². The molecule has 0 saturated heterocycles. The van der Waals surface area contributed by atoms with Crippen LogP contribution in [0.5, 0.6) is 0 Å². The molecule has 1 aliphatic heterocycles. The fourth-order valence-electron chi connectivity index (χ4n) is 3.81. The van der Waals surface area contributed by atoms with E-state index in [1.54, 1.807) is 12.3 Å². The van der Waals surface area contributed by atoms with Gasteiger partial charge in [0.2, 0.25) is 0 Å². The number of carboxylic acids is 1. The van der Waals surface area contributed by atoms with Crippen LogP contribution in [0, 0.1) is 13.8 Å². The molecular weight excluding hydrogens is 362 g/mol. The predicted octanol–water partition coefficient (Wildman–Crippen LogP) is 3.37. The van der Waals surface area contributed by atoms with Gasteiger partial charge in [0.15, 0.2) is 11.2 Å². The number of aromatic nitrogens is 2. The van der Waals surface area contributed by atoms with Crippen molar-refractivity contribution in [2.24, 2.45) is 0 Å². The Morgan fingerprint density at radius 1 is 1.26 bits per heavy atom. The van der Waals surface area contributed by atoms with Crippen molar-refractivity contribution >= 4 is 23.2 Å². The number of aliphatic carboxylic acids is 1. The van der Waals surface area contributed by atoms with Gasteiger partial charge < -0.3 is 10.0 Å². The zero-order valence-corrected chi connectivity index (χ0v) is 15.9. The second kappa shape index (κ2) is 6.66. The zero-order chi connectivity index (χ0) is 19.1. The van der Waals surface area contributed by atoms with Gasteiger partial charge in [0.05, 0.1) is 5.56 Å². The second-order valence-electron chi connectivity index (χ2n) is 6.62. The van der Waals surface area contributed by atoms with Gasteiger partial charge in [-0.15, -0.1) is 11.3 Å². The molecule has 27 heavy (non-hydrogen) atoms. The molecule has 1 atom stereocenters. The van der Waals surface area contributed by atoms with Crippen molar-refractivity contribution in [3.05, 3.63) is 70.0 Å². The minimum absolute atomic E-state index is 0.257. The number of thiazole rings is 1. The Balaban J connectivity index is 1.75. The molecule has 0 spiro atoms. The maximum absolute atomic E-state index is 13.3. The molecule has 0 aliphatic carbocycles. The van der Waals surface area contributed by atoms with Crippen molar-refractivity contribution in [1.29, 1.82) is 0 Å². The normalized spacial score (nSPS) is 16.2. The van der Waals surface area contributed by atoms with E-state index >= 15 is 0 Å². The number of amides is 1. The van der Waals surface area contributed by atoms with E-state index in [0.717, 1.165) is 22.1 Å². The van der Waals surface area contributed by atoms with Crippen molar-refractivity contribution in [1.82, 2.24) is 14.5 Å². The Labute approximate surface area is 160 Å². The maximum Gasteiger partial charge on any atom is 0.331 e. The third kappa shape index (κ3) is 2.84. The lowest BCUT2D eigenvalue weighted by Gasteiger charge is -2.34. The van der Waals surface area contributed by atoms with Crippen LogP contribution in [-0.2, 0) is 11.2 Å². The summed E-state index contributed by atoms with van der Waals surface area (Å²) in [7, 11) is 0. The number of aryl methyl sites for hydroxylation is 1. The summed E-state index contributed by atoms with van der Waals surface area (Å²) < 4.78 is 1.94. The summed E-state index contributed by atoms with van der Waals surface area (Å²) >= 11 is 1.49. The van der Waals surface area contributed by atoms with Crippen LogP contribution in [0.25, 0.3) is 5.13 Å². The summed E-state index contributed by atoms with van der Waals surface area (Å²) in [5, 5.41) is 12.5. The van der Waals surface area contributed by atoms with Crippen molar-refractivity contribution in [2.45, 2.75) is 26.3 Å². The molecule has 1 aromatic carbocycles. The second-order valence-corrected chi connectivity index (χ2v) is 7.50. The molecule has 0 saturated carbocycles. The monoisotopic (exact) mass is 381 g/mol. The van der Waals surface area contributed by atoms with Crippen LogP contribution in [-0.4, -0.2) is 38.0 Å². The fraction of sp³-hybridized carbons (Fsp3) is 0.250. The van der Waals surface area contributed by atoms with Crippen LogP contribution < -0.4 is 0 Å². The maximum atomic E-state index is 13.3. The van der Waals surface area contributed by atoms with Gasteiger partial charge >= 0.3 is 5.97 Å². The van der Waals surface area contributed by atoms with E-state index in [0.29, 0.717) is 24.1 Å². The van der Waals surface area contributed by atoms with Gasteiger partial charge in [-0.1, -0.05) is 24.3 Å². The van der Waals surface area contributed by atoms with E-state index < -0.39 is 12.0 Å². The van der Waals surface area contributed by atoms with E-state index in [2.05, 4.69) is 4.98 Å². The molecule has 138 valence electrons. The van der Waals surface area contributed by atoms with E-state index in [9.17, 15) is 14.7 Å². The van der Waals surface area contributed by atoms with Gasteiger partial charge in [-0.25, -0.2) is 9.78 Å². The standard InChI is InChI=1S/C20H19N3O3S/c1-12-11-16(13(2)23(12)20-21-8-10-27-20)18(24)22-9-7-14-5-3-4-6-15(14)17(22)19(25)26/h3-6,8,10-11,17H,7,9H2,1-2H3,(H,25,26). The summed E-state index contributed by atoms with van der Waals surface area (Å²) in [4.78, 5) is 31.1. The third-order valence-electron chi connectivity index (χ3n) is 5.05. The summed E-state index contributed by atoms with van der Waals surface area (Å²) in [6, 6.07) is 8.30. The first-order valence-corrected chi connectivity index (χ1v) is 9.57. The molecule has 3 heterocycles. The number of fused-ring (bicyclic) bond motifs is 1. The average Bonchev–Trinajstić information content (AvgIpc) is 3.27. The van der Waals surface area contributed by atoms with Gasteiger partial charge in [0.1, 0.15) is 0 Å². The minimum Gasteiger partial charge on any atom is -0.479 e. The molecule has 1 unspecified atom stereocenters. The number of carboxylic acid groups (broad SMARTS) is 1. The first kappa shape index (κ1) is 17.5. The van der Waals surface area contributed by atoms with Crippen LogP contribution in [0.15, 0.2) is 41.9 Å². The molecule has 0 fully saturated rings. The first-order valence-electron chi connectivity index (χ1n) is 8.69. The summed E-state index contributed by atoms with van der Waals surface area (Å²) in [5.74, 6) is -1.27. The fourth-order valence-corrected chi connectivity index (χ4v) is 4.56. The van der Waals surface area contributed by atoms with Crippen molar-refractivity contribution in [3.8, 4) is 5.13 Å². The molecule has 0 bridgehead atoms. The van der Waals surface area contributed by atoms with Crippen molar-refractivity contribution < 1.29 is 14.7 Å². The summed E-state index contributed by atoms with van der Waals surface area (Å²) in [6.45, 7) is 4.17. The Morgan fingerprint density at radius 3 is 2.74 bits per heavy atom. The van der Waals surface area contributed by atoms with Gasteiger partial charge in [0.25, 0.3) is 5.91 Å². The van der Waals surface area contributed by atoms with Crippen LogP contribution in [0.4, 0.5) is 0 Å². The highest BCUT2D eigenvalue weighted by molar-refractivity contribution is 7.12. The third-order valence-corrected chi connectivity index (χ3v) is 5.81. The van der Waals surface area contributed by atoms with Crippen molar-refractivity contribution in [3.63, 3.8) is 0 Å². The average molecular weight is 381 g/mol. The highest BCUT2D eigenvalue weighted by Gasteiger charge is 2.37. The Bertz CT molecular complexity index is 1020. The lowest BCUT2D eigenvalue weighted by atomic mass is 9.92. The molecule has 2 aromatic heterocycles. The molecule has 6 nitrogen and oxygen atoms in total. The molecule has 1 N–H and O–H groups in total. The summed E-state index contributed by atoms with van der Waals surface area (Å²) in [6.07, 6.45) is 2.37. The molecule has 1 aliphatic rings. The molecule has 1 amide bonds. The smallest absolute Gasteiger partial charge is 0.331 e. The summed E-state index contributed by atoms with van der Waals surface area (Å²) in [5.41, 5.74) is 3.87. The minimum atomic E-state index is -1.01. The number of hydrogen-bond donors (Lipinski definition) is 1. The highest BCUT2D eigenvalue weighted by atomic mass is 32.1. The number of nitrogens with zero attached hydrogens (tertiary/aromatic N) is 3.